The number of carbonyl (C=O) groups excluding carboxylic acids is 1. The van der Waals surface area contributed by atoms with Gasteiger partial charge in [-0.25, -0.2) is 8.42 Å². The summed E-state index contributed by atoms with van der Waals surface area (Å²) in [5.41, 5.74) is 2.32. The monoisotopic (exact) mass is 311 g/mol. The summed E-state index contributed by atoms with van der Waals surface area (Å²) >= 11 is 0. The van der Waals surface area contributed by atoms with Crippen LogP contribution < -0.4 is 0 Å². The van der Waals surface area contributed by atoms with Crippen molar-refractivity contribution in [3.05, 3.63) is 35.4 Å². The Morgan fingerprint density at radius 3 is 2.81 bits per heavy atom. The second-order valence-electron chi connectivity index (χ2n) is 5.27. The summed E-state index contributed by atoms with van der Waals surface area (Å²) in [5.74, 6) is -0.406. The van der Waals surface area contributed by atoms with E-state index >= 15 is 0 Å². The van der Waals surface area contributed by atoms with Gasteiger partial charge in [-0.3, -0.25) is 4.79 Å². The van der Waals surface area contributed by atoms with Crippen LogP contribution in [0.2, 0.25) is 0 Å². The Morgan fingerprint density at radius 1 is 1.38 bits per heavy atom. The summed E-state index contributed by atoms with van der Waals surface area (Å²) in [5, 5.41) is 0. The van der Waals surface area contributed by atoms with Crippen molar-refractivity contribution in [2.45, 2.75) is 31.7 Å². The molecule has 0 radical (unpaired) electrons. The van der Waals surface area contributed by atoms with Gasteiger partial charge in [-0.05, 0) is 30.4 Å². The molecule has 0 bridgehead atoms. The molecule has 1 aliphatic carbocycles. The normalized spacial score (nSPS) is 17.8. The molecule has 116 valence electrons. The van der Waals surface area contributed by atoms with Crippen molar-refractivity contribution in [1.29, 1.82) is 0 Å². The van der Waals surface area contributed by atoms with E-state index in [0.29, 0.717) is 0 Å². The Kier molecular flexibility index (Phi) is 5.00. The lowest BCUT2D eigenvalue weighted by Crippen LogP contribution is -2.32. The highest BCUT2D eigenvalue weighted by atomic mass is 32.2. The number of esters is 1. The Hall–Kier alpha value is -1.40. The molecule has 0 amide bonds. The average Bonchev–Trinajstić information content (AvgIpc) is 2.89. The van der Waals surface area contributed by atoms with Crippen LogP contribution in [0.1, 0.15) is 36.4 Å². The van der Waals surface area contributed by atoms with Crippen molar-refractivity contribution < 1.29 is 17.9 Å². The van der Waals surface area contributed by atoms with Crippen molar-refractivity contribution in [2.24, 2.45) is 0 Å². The van der Waals surface area contributed by atoms with Crippen LogP contribution >= 0.6 is 0 Å². The number of benzene rings is 1. The van der Waals surface area contributed by atoms with Crippen molar-refractivity contribution in [3.63, 3.8) is 0 Å². The number of hydrogen-bond acceptors (Lipinski definition) is 4. The number of nitrogens with zero attached hydrogens (tertiary/aromatic N) is 1. The summed E-state index contributed by atoms with van der Waals surface area (Å²) in [6.45, 7) is 0. The number of carbonyl (C=O) groups is 1. The van der Waals surface area contributed by atoms with E-state index < -0.39 is 10.0 Å². The Bertz CT molecular complexity index is 612. The van der Waals surface area contributed by atoms with Crippen molar-refractivity contribution in [3.8, 4) is 0 Å². The predicted molar refractivity (Wildman–Crippen MR) is 80.3 cm³/mol. The molecule has 0 aromatic heterocycles. The lowest BCUT2D eigenvalue weighted by molar-refractivity contribution is -0.140. The van der Waals surface area contributed by atoms with Gasteiger partial charge in [-0.2, -0.15) is 4.31 Å². The minimum atomic E-state index is -3.36. The van der Waals surface area contributed by atoms with Gasteiger partial charge in [-0.15, -0.1) is 0 Å². The van der Waals surface area contributed by atoms with Crippen LogP contribution in [0.4, 0.5) is 0 Å². The molecular formula is C15H21NO4S. The van der Waals surface area contributed by atoms with Gasteiger partial charge in [-0.1, -0.05) is 24.3 Å². The van der Waals surface area contributed by atoms with Crippen LogP contribution in [-0.4, -0.2) is 38.6 Å². The summed E-state index contributed by atoms with van der Waals surface area (Å²) in [6, 6.07) is 7.87. The summed E-state index contributed by atoms with van der Waals surface area (Å²) in [4.78, 5) is 11.1. The molecule has 0 saturated heterocycles. The quantitative estimate of drug-likeness (QED) is 0.753. The summed E-state index contributed by atoms with van der Waals surface area (Å²) in [6.07, 6.45) is 2.13. The maximum atomic E-state index is 12.4. The highest BCUT2D eigenvalue weighted by Crippen LogP contribution is 2.36. The van der Waals surface area contributed by atoms with Gasteiger partial charge in [0.05, 0.1) is 12.9 Å². The van der Waals surface area contributed by atoms with E-state index in [1.807, 2.05) is 24.3 Å². The summed E-state index contributed by atoms with van der Waals surface area (Å²) < 4.78 is 30.7. The van der Waals surface area contributed by atoms with Gasteiger partial charge >= 0.3 is 5.97 Å². The largest absolute Gasteiger partial charge is 0.469 e. The molecule has 1 aliphatic rings. The van der Waals surface area contributed by atoms with Crippen molar-refractivity contribution in [2.75, 3.05) is 19.9 Å². The van der Waals surface area contributed by atoms with Gasteiger partial charge in [0.25, 0.3) is 0 Å². The van der Waals surface area contributed by atoms with E-state index in [9.17, 15) is 13.2 Å². The van der Waals surface area contributed by atoms with E-state index in [4.69, 9.17) is 0 Å². The van der Waals surface area contributed by atoms with E-state index in [2.05, 4.69) is 4.74 Å². The standard InChI is InChI=1S/C15H21NO4S/c1-16(21(18,19)11-5-8-15(17)20-2)14-10-9-12-6-3-4-7-13(12)14/h3-4,6-7,14H,5,8-11H2,1-2H3. The molecule has 1 aromatic rings. The number of rotatable bonds is 6. The molecule has 1 unspecified atom stereocenters. The van der Waals surface area contributed by atoms with Crippen LogP contribution in [-0.2, 0) is 26.0 Å². The molecule has 0 aliphatic heterocycles. The average molecular weight is 311 g/mol. The molecule has 0 N–H and O–H groups in total. The van der Waals surface area contributed by atoms with E-state index in [1.54, 1.807) is 7.05 Å². The first kappa shape index (κ1) is 16.0. The number of fused-ring (bicyclic) bond motifs is 1. The fourth-order valence-corrected chi connectivity index (χ4v) is 4.15. The van der Waals surface area contributed by atoms with Gasteiger partial charge in [0.1, 0.15) is 0 Å². The van der Waals surface area contributed by atoms with Crippen molar-refractivity contribution >= 4 is 16.0 Å². The fraction of sp³-hybridized carbons (Fsp3) is 0.533. The first-order valence-electron chi connectivity index (χ1n) is 7.06. The third-order valence-electron chi connectivity index (χ3n) is 3.99. The second kappa shape index (κ2) is 6.58. The van der Waals surface area contributed by atoms with Crippen LogP contribution in [0.15, 0.2) is 24.3 Å². The van der Waals surface area contributed by atoms with E-state index in [0.717, 1.165) is 18.4 Å². The maximum absolute atomic E-state index is 12.4. The van der Waals surface area contributed by atoms with Crippen molar-refractivity contribution in [1.82, 2.24) is 4.31 Å². The van der Waals surface area contributed by atoms with Crippen LogP contribution in [0.5, 0.6) is 0 Å². The smallest absolute Gasteiger partial charge is 0.305 e. The summed E-state index contributed by atoms with van der Waals surface area (Å²) in [7, 11) is -0.436. The van der Waals surface area contributed by atoms with Gasteiger partial charge < -0.3 is 4.74 Å². The van der Waals surface area contributed by atoms with Crippen LogP contribution in [0, 0.1) is 0 Å². The van der Waals surface area contributed by atoms with E-state index in [-0.39, 0.29) is 30.6 Å². The molecule has 1 atom stereocenters. The highest BCUT2D eigenvalue weighted by molar-refractivity contribution is 7.89. The molecule has 21 heavy (non-hydrogen) atoms. The fourth-order valence-electron chi connectivity index (χ4n) is 2.75. The zero-order chi connectivity index (χ0) is 15.5. The lowest BCUT2D eigenvalue weighted by atomic mass is 10.1. The number of methoxy groups -OCH3 is 1. The van der Waals surface area contributed by atoms with Gasteiger partial charge in [0.2, 0.25) is 10.0 Å². The molecule has 5 nitrogen and oxygen atoms in total. The Morgan fingerprint density at radius 2 is 2.10 bits per heavy atom. The van der Waals surface area contributed by atoms with Gasteiger partial charge in [0.15, 0.2) is 0 Å². The maximum Gasteiger partial charge on any atom is 0.305 e. The first-order valence-corrected chi connectivity index (χ1v) is 8.67. The minimum absolute atomic E-state index is 0.0305. The Labute approximate surface area is 126 Å². The van der Waals surface area contributed by atoms with Gasteiger partial charge in [0, 0.05) is 19.5 Å². The third-order valence-corrected chi connectivity index (χ3v) is 5.93. The molecule has 0 heterocycles. The first-order chi connectivity index (χ1) is 9.95. The lowest BCUT2D eigenvalue weighted by Gasteiger charge is -2.24. The molecule has 1 aromatic carbocycles. The number of ether oxygens (including phenoxy) is 1. The number of aryl methyl sites for hydroxylation is 1. The zero-order valence-electron chi connectivity index (χ0n) is 12.4. The Balaban J connectivity index is 2.02. The van der Waals surface area contributed by atoms with Crippen LogP contribution in [0.25, 0.3) is 0 Å². The SMILES string of the molecule is COC(=O)CCCS(=O)(=O)N(C)C1CCc2ccccc21. The highest BCUT2D eigenvalue weighted by Gasteiger charge is 2.32. The van der Waals surface area contributed by atoms with Crippen LogP contribution in [0.3, 0.4) is 0 Å². The molecular weight excluding hydrogens is 290 g/mol. The number of hydrogen-bond donors (Lipinski definition) is 0. The second-order valence-corrected chi connectivity index (χ2v) is 7.41. The predicted octanol–water partition coefficient (Wildman–Crippen LogP) is 1.89. The molecule has 0 saturated carbocycles. The zero-order valence-corrected chi connectivity index (χ0v) is 13.2. The molecule has 0 fully saturated rings. The minimum Gasteiger partial charge on any atom is -0.469 e. The topological polar surface area (TPSA) is 63.7 Å². The van der Waals surface area contributed by atoms with E-state index in [1.165, 1.54) is 17.0 Å². The molecule has 0 spiro atoms. The third kappa shape index (κ3) is 3.63. The number of sulfonamides is 1. The molecule has 2 rings (SSSR count). The molecule has 6 heteroatoms.